The molecule has 1 heterocycles. The van der Waals surface area contributed by atoms with Gasteiger partial charge in [-0.1, -0.05) is 29.8 Å². The number of benzene rings is 2. The quantitative estimate of drug-likeness (QED) is 0.607. The van der Waals surface area contributed by atoms with Crippen LogP contribution in [0.1, 0.15) is 17.0 Å². The molecule has 0 N–H and O–H groups in total. The zero-order valence-corrected chi connectivity index (χ0v) is 12.8. The lowest BCUT2D eigenvalue weighted by atomic mass is 10.2. The number of nitrogens with zero attached hydrogens (tertiary/aromatic N) is 2. The van der Waals surface area contributed by atoms with Crippen molar-refractivity contribution in [2.45, 2.75) is 19.7 Å². The van der Waals surface area contributed by atoms with Crippen molar-refractivity contribution in [3.63, 3.8) is 0 Å². The van der Waals surface area contributed by atoms with Gasteiger partial charge in [-0.2, -0.15) is 0 Å². The van der Waals surface area contributed by atoms with E-state index in [1.54, 1.807) is 0 Å². The summed E-state index contributed by atoms with van der Waals surface area (Å²) in [6.45, 7) is 4.07. The Morgan fingerprint density at radius 1 is 1.15 bits per heavy atom. The van der Waals surface area contributed by atoms with Gasteiger partial charge in [0.1, 0.15) is 5.82 Å². The van der Waals surface area contributed by atoms with E-state index in [-0.39, 0.29) is 0 Å². The minimum atomic E-state index is 0.346. The Kier molecular flexibility index (Phi) is 3.45. The number of para-hydroxylation sites is 1. The average Bonchev–Trinajstić information content (AvgIpc) is 2.79. The van der Waals surface area contributed by atoms with Gasteiger partial charge in [0.05, 0.1) is 27.6 Å². The maximum Gasteiger partial charge on any atom is 0.129 e. The van der Waals surface area contributed by atoms with E-state index in [2.05, 4.69) is 18.0 Å². The van der Waals surface area contributed by atoms with Gasteiger partial charge in [0.15, 0.2) is 0 Å². The van der Waals surface area contributed by atoms with E-state index < -0.39 is 0 Å². The first-order valence-corrected chi connectivity index (χ1v) is 7.32. The van der Waals surface area contributed by atoms with E-state index >= 15 is 0 Å². The SMILES string of the molecule is Cc1ccc(-n2c(CCl)nc3c(C)cccc32)c(Cl)c1. The second-order valence-corrected chi connectivity index (χ2v) is 5.57. The molecule has 0 spiro atoms. The van der Waals surface area contributed by atoms with Crippen molar-refractivity contribution in [2.75, 3.05) is 0 Å². The van der Waals surface area contributed by atoms with E-state index in [1.807, 2.05) is 41.8 Å². The third-order valence-electron chi connectivity index (χ3n) is 3.42. The average molecular weight is 305 g/mol. The predicted octanol–water partition coefficient (Wildman–Crippen LogP) is 5.03. The third-order valence-corrected chi connectivity index (χ3v) is 3.96. The van der Waals surface area contributed by atoms with Crippen LogP contribution in [0.3, 0.4) is 0 Å². The van der Waals surface area contributed by atoms with Crippen LogP contribution in [0, 0.1) is 13.8 Å². The lowest BCUT2D eigenvalue weighted by molar-refractivity contribution is 0.981. The van der Waals surface area contributed by atoms with Gasteiger partial charge in [0.2, 0.25) is 0 Å². The first-order chi connectivity index (χ1) is 9.61. The van der Waals surface area contributed by atoms with Gasteiger partial charge in [-0.25, -0.2) is 4.98 Å². The number of imidazole rings is 1. The molecule has 0 unspecified atom stereocenters. The summed E-state index contributed by atoms with van der Waals surface area (Å²) in [6.07, 6.45) is 0. The summed E-state index contributed by atoms with van der Waals surface area (Å²) in [5.74, 6) is 1.15. The van der Waals surface area contributed by atoms with Crippen molar-refractivity contribution in [1.29, 1.82) is 0 Å². The highest BCUT2D eigenvalue weighted by Gasteiger charge is 2.15. The van der Waals surface area contributed by atoms with E-state index in [9.17, 15) is 0 Å². The Morgan fingerprint density at radius 3 is 2.65 bits per heavy atom. The Hall–Kier alpha value is -1.51. The second-order valence-electron chi connectivity index (χ2n) is 4.89. The molecule has 4 heteroatoms. The summed E-state index contributed by atoms with van der Waals surface area (Å²) < 4.78 is 2.04. The minimum Gasteiger partial charge on any atom is -0.294 e. The monoisotopic (exact) mass is 304 g/mol. The highest BCUT2D eigenvalue weighted by Crippen LogP contribution is 2.29. The van der Waals surface area contributed by atoms with Crippen LogP contribution in [0.25, 0.3) is 16.7 Å². The molecule has 0 atom stereocenters. The second kappa shape index (κ2) is 5.12. The Labute approximate surface area is 128 Å². The van der Waals surface area contributed by atoms with Gasteiger partial charge in [0.25, 0.3) is 0 Å². The smallest absolute Gasteiger partial charge is 0.129 e. The highest BCUT2D eigenvalue weighted by atomic mass is 35.5. The van der Waals surface area contributed by atoms with Gasteiger partial charge in [0, 0.05) is 0 Å². The molecule has 0 aliphatic carbocycles. The van der Waals surface area contributed by atoms with Crippen molar-refractivity contribution in [3.05, 3.63) is 58.4 Å². The Bertz CT molecular complexity index is 791. The van der Waals surface area contributed by atoms with Crippen molar-refractivity contribution in [1.82, 2.24) is 9.55 Å². The molecule has 0 saturated heterocycles. The molecule has 0 amide bonds. The van der Waals surface area contributed by atoms with Crippen molar-refractivity contribution in [3.8, 4) is 5.69 Å². The molecule has 0 radical (unpaired) electrons. The number of halogens is 2. The topological polar surface area (TPSA) is 17.8 Å². The van der Waals surface area contributed by atoms with Crippen molar-refractivity contribution < 1.29 is 0 Å². The van der Waals surface area contributed by atoms with Crippen LogP contribution in [-0.4, -0.2) is 9.55 Å². The van der Waals surface area contributed by atoms with Crippen LogP contribution in [0.5, 0.6) is 0 Å². The lowest BCUT2D eigenvalue weighted by Crippen LogP contribution is -2.00. The molecule has 0 bridgehead atoms. The molecule has 0 fully saturated rings. The van der Waals surface area contributed by atoms with E-state index in [4.69, 9.17) is 23.2 Å². The normalized spacial score (nSPS) is 11.2. The largest absolute Gasteiger partial charge is 0.294 e. The van der Waals surface area contributed by atoms with E-state index in [1.165, 1.54) is 0 Å². The standard InChI is InChI=1S/C16H14Cl2N2/c1-10-6-7-13(12(18)8-10)20-14-5-3-4-11(2)16(14)19-15(20)9-17/h3-8H,9H2,1-2H3. The van der Waals surface area contributed by atoms with Gasteiger partial charge < -0.3 is 0 Å². The van der Waals surface area contributed by atoms with Crippen LogP contribution in [0.15, 0.2) is 36.4 Å². The fourth-order valence-electron chi connectivity index (χ4n) is 2.44. The fraction of sp³-hybridized carbons (Fsp3) is 0.188. The molecular weight excluding hydrogens is 291 g/mol. The first-order valence-electron chi connectivity index (χ1n) is 6.41. The third kappa shape index (κ3) is 2.09. The van der Waals surface area contributed by atoms with Gasteiger partial charge in [-0.15, -0.1) is 11.6 Å². The number of hydrogen-bond acceptors (Lipinski definition) is 1. The van der Waals surface area contributed by atoms with Crippen molar-refractivity contribution >= 4 is 34.2 Å². The predicted molar refractivity (Wildman–Crippen MR) is 85.1 cm³/mol. The Morgan fingerprint density at radius 2 is 1.95 bits per heavy atom. The van der Waals surface area contributed by atoms with Gasteiger partial charge in [-0.3, -0.25) is 4.57 Å². The molecule has 2 nitrogen and oxygen atoms in total. The lowest BCUT2D eigenvalue weighted by Gasteiger charge is -2.10. The number of hydrogen-bond donors (Lipinski definition) is 0. The molecule has 2 aromatic carbocycles. The van der Waals surface area contributed by atoms with Crippen LogP contribution in [0.2, 0.25) is 5.02 Å². The zero-order valence-electron chi connectivity index (χ0n) is 11.3. The molecule has 0 saturated carbocycles. The highest BCUT2D eigenvalue weighted by molar-refractivity contribution is 6.32. The molecular formula is C16H14Cl2N2. The number of fused-ring (bicyclic) bond motifs is 1. The van der Waals surface area contributed by atoms with Crippen LogP contribution in [-0.2, 0) is 5.88 Å². The van der Waals surface area contributed by atoms with Crippen LogP contribution >= 0.6 is 23.2 Å². The number of aromatic nitrogens is 2. The van der Waals surface area contributed by atoms with Gasteiger partial charge in [-0.05, 0) is 43.2 Å². The van der Waals surface area contributed by atoms with E-state index in [0.29, 0.717) is 10.9 Å². The molecule has 3 aromatic rings. The molecule has 0 aliphatic rings. The number of aryl methyl sites for hydroxylation is 2. The summed E-state index contributed by atoms with van der Waals surface area (Å²) in [7, 11) is 0. The minimum absolute atomic E-state index is 0.346. The number of alkyl halides is 1. The molecule has 3 rings (SSSR count). The summed E-state index contributed by atoms with van der Waals surface area (Å²) in [6, 6.07) is 12.1. The van der Waals surface area contributed by atoms with Gasteiger partial charge >= 0.3 is 0 Å². The summed E-state index contributed by atoms with van der Waals surface area (Å²) in [4.78, 5) is 4.64. The van der Waals surface area contributed by atoms with Crippen LogP contribution < -0.4 is 0 Å². The summed E-state index contributed by atoms with van der Waals surface area (Å²) in [5.41, 5.74) is 5.19. The molecule has 20 heavy (non-hydrogen) atoms. The van der Waals surface area contributed by atoms with Crippen molar-refractivity contribution in [2.24, 2.45) is 0 Å². The first kappa shape index (κ1) is 13.5. The maximum atomic E-state index is 6.40. The van der Waals surface area contributed by atoms with Crippen LogP contribution in [0.4, 0.5) is 0 Å². The Balaban J connectivity index is 2.37. The molecule has 0 aliphatic heterocycles. The summed E-state index contributed by atoms with van der Waals surface area (Å²) >= 11 is 12.5. The number of rotatable bonds is 2. The molecule has 102 valence electrons. The van der Waals surface area contributed by atoms with E-state index in [0.717, 1.165) is 33.7 Å². The summed E-state index contributed by atoms with van der Waals surface area (Å²) in [5, 5.41) is 0.706. The maximum absolute atomic E-state index is 6.40. The zero-order chi connectivity index (χ0) is 14.3. The fourth-order valence-corrected chi connectivity index (χ4v) is 2.94. The molecule has 1 aromatic heterocycles.